The second-order valence-corrected chi connectivity index (χ2v) is 5.17. The van der Waals surface area contributed by atoms with Crippen molar-refractivity contribution in [3.63, 3.8) is 0 Å². The van der Waals surface area contributed by atoms with Crippen molar-refractivity contribution in [2.45, 2.75) is 39.2 Å². The number of carbonyl (C=O) groups is 2. The smallest absolute Gasteiger partial charge is 0.224 e. The van der Waals surface area contributed by atoms with E-state index in [1.165, 1.54) is 0 Å². The van der Waals surface area contributed by atoms with E-state index in [1.807, 2.05) is 0 Å². The van der Waals surface area contributed by atoms with Gasteiger partial charge >= 0.3 is 0 Å². The van der Waals surface area contributed by atoms with E-state index in [2.05, 4.69) is 5.32 Å². The number of halogens is 1. The Kier molecular flexibility index (Phi) is 5.92. The van der Waals surface area contributed by atoms with Gasteiger partial charge in [-0.25, -0.2) is 0 Å². The van der Waals surface area contributed by atoms with Gasteiger partial charge < -0.3 is 16.8 Å². The fourth-order valence-corrected chi connectivity index (χ4v) is 1.84. The molecular weight excluding hydrogens is 242 g/mol. The molecular formula is C11H22ClN3O2. The molecule has 0 heterocycles. The third-order valence-electron chi connectivity index (χ3n) is 3.28. The minimum atomic E-state index is -0.710. The average molecular weight is 264 g/mol. The molecule has 0 bridgehead atoms. The molecule has 1 fully saturated rings. The quantitative estimate of drug-likeness (QED) is 0.674. The Bertz CT molecular complexity index is 294. The molecule has 5 N–H and O–H groups in total. The second kappa shape index (κ2) is 6.21. The number of nitrogens with one attached hydrogen (secondary N) is 1. The van der Waals surface area contributed by atoms with Gasteiger partial charge in [-0.1, -0.05) is 6.42 Å². The summed E-state index contributed by atoms with van der Waals surface area (Å²) >= 11 is 0. The highest BCUT2D eigenvalue weighted by atomic mass is 35.5. The minimum absolute atomic E-state index is 0. The van der Waals surface area contributed by atoms with E-state index in [9.17, 15) is 9.59 Å². The third kappa shape index (κ3) is 4.16. The lowest BCUT2D eigenvalue weighted by atomic mass is 9.92. The average Bonchev–Trinajstić information content (AvgIpc) is 2.61. The monoisotopic (exact) mass is 263 g/mol. The maximum atomic E-state index is 11.8. The Morgan fingerprint density at radius 1 is 1.35 bits per heavy atom. The summed E-state index contributed by atoms with van der Waals surface area (Å²) in [6.07, 6.45) is 2.74. The summed E-state index contributed by atoms with van der Waals surface area (Å²) in [5.41, 5.74) is 10.3. The molecule has 0 radical (unpaired) electrons. The van der Waals surface area contributed by atoms with Gasteiger partial charge in [0.05, 0.1) is 11.3 Å². The first-order valence-corrected chi connectivity index (χ1v) is 5.68. The molecule has 5 nitrogen and oxygen atoms in total. The zero-order valence-corrected chi connectivity index (χ0v) is 11.2. The van der Waals surface area contributed by atoms with Crippen molar-refractivity contribution in [3.8, 4) is 0 Å². The molecule has 2 amide bonds. The molecule has 1 saturated carbocycles. The maximum Gasteiger partial charge on any atom is 0.224 e. The number of hydrogen-bond acceptors (Lipinski definition) is 3. The van der Waals surface area contributed by atoms with Crippen LogP contribution in [0.5, 0.6) is 0 Å². The molecule has 1 rings (SSSR count). The topological polar surface area (TPSA) is 98.2 Å². The number of amides is 2. The molecule has 2 unspecified atom stereocenters. The van der Waals surface area contributed by atoms with Crippen LogP contribution in [-0.2, 0) is 9.59 Å². The van der Waals surface area contributed by atoms with Crippen molar-refractivity contribution in [1.29, 1.82) is 0 Å². The van der Waals surface area contributed by atoms with Gasteiger partial charge in [-0.15, -0.1) is 12.4 Å². The van der Waals surface area contributed by atoms with Crippen LogP contribution in [0.4, 0.5) is 0 Å². The first-order chi connectivity index (χ1) is 7.34. The first kappa shape index (κ1) is 16.2. The van der Waals surface area contributed by atoms with E-state index < -0.39 is 11.3 Å². The van der Waals surface area contributed by atoms with Crippen LogP contribution in [0.2, 0.25) is 0 Å². The van der Waals surface area contributed by atoms with Crippen molar-refractivity contribution < 1.29 is 9.59 Å². The Morgan fingerprint density at radius 3 is 2.35 bits per heavy atom. The van der Waals surface area contributed by atoms with Gasteiger partial charge in [0, 0.05) is 12.6 Å². The molecule has 1 aliphatic carbocycles. The molecule has 0 aromatic carbocycles. The maximum absolute atomic E-state index is 11.8. The number of carbonyl (C=O) groups excluding carboxylic acids is 2. The van der Waals surface area contributed by atoms with Crippen molar-refractivity contribution in [2.75, 3.05) is 6.54 Å². The van der Waals surface area contributed by atoms with Crippen LogP contribution in [0.15, 0.2) is 0 Å². The predicted molar refractivity (Wildman–Crippen MR) is 68.5 cm³/mol. The van der Waals surface area contributed by atoms with E-state index in [0.717, 1.165) is 19.3 Å². The number of hydrogen-bond donors (Lipinski definition) is 3. The fraction of sp³-hybridized carbons (Fsp3) is 0.818. The Balaban J connectivity index is 0.00000256. The summed E-state index contributed by atoms with van der Waals surface area (Å²) in [4.78, 5) is 22.8. The Morgan fingerprint density at radius 2 is 1.94 bits per heavy atom. The molecule has 6 heteroatoms. The molecule has 1 aliphatic rings. The Labute approximate surface area is 108 Å². The molecule has 0 aromatic heterocycles. The van der Waals surface area contributed by atoms with Crippen LogP contribution in [0, 0.1) is 11.3 Å². The van der Waals surface area contributed by atoms with Gasteiger partial charge in [0.2, 0.25) is 11.8 Å². The summed E-state index contributed by atoms with van der Waals surface area (Å²) in [6.45, 7) is 3.69. The largest absolute Gasteiger partial charge is 0.369 e. The van der Waals surface area contributed by atoms with E-state index in [1.54, 1.807) is 13.8 Å². The predicted octanol–water partition coefficient (Wildman–Crippen LogP) is 0.163. The molecule has 0 aromatic rings. The van der Waals surface area contributed by atoms with E-state index in [4.69, 9.17) is 11.5 Å². The second-order valence-electron chi connectivity index (χ2n) is 5.17. The lowest BCUT2D eigenvalue weighted by Crippen LogP contribution is -2.46. The van der Waals surface area contributed by atoms with Crippen molar-refractivity contribution >= 4 is 24.2 Å². The SMILES string of the molecule is CC(C)(CNC(=O)C1CCCC1N)C(N)=O.Cl. The van der Waals surface area contributed by atoms with Crippen LogP contribution in [0.1, 0.15) is 33.1 Å². The standard InChI is InChI=1S/C11H21N3O2.ClH/c1-11(2,10(13)16)6-14-9(15)7-4-3-5-8(7)12;/h7-8H,3-6,12H2,1-2H3,(H2,13,16)(H,14,15);1H. The highest BCUT2D eigenvalue weighted by molar-refractivity contribution is 5.85. The number of rotatable bonds is 4. The first-order valence-electron chi connectivity index (χ1n) is 5.68. The highest BCUT2D eigenvalue weighted by Gasteiger charge is 2.32. The summed E-state index contributed by atoms with van der Waals surface area (Å²) in [7, 11) is 0. The van der Waals surface area contributed by atoms with Crippen LogP contribution in [0.3, 0.4) is 0 Å². The third-order valence-corrected chi connectivity index (χ3v) is 3.28. The minimum Gasteiger partial charge on any atom is -0.369 e. The van der Waals surface area contributed by atoms with E-state index >= 15 is 0 Å². The summed E-state index contributed by atoms with van der Waals surface area (Å²) in [6, 6.07) is -0.0447. The van der Waals surface area contributed by atoms with Gasteiger partial charge in [-0.05, 0) is 26.7 Å². The van der Waals surface area contributed by atoms with E-state index in [0.29, 0.717) is 0 Å². The zero-order chi connectivity index (χ0) is 12.3. The molecule has 0 aliphatic heterocycles. The van der Waals surface area contributed by atoms with E-state index in [-0.39, 0.29) is 36.8 Å². The van der Waals surface area contributed by atoms with Gasteiger partial charge in [-0.3, -0.25) is 9.59 Å². The van der Waals surface area contributed by atoms with Gasteiger partial charge in [0.1, 0.15) is 0 Å². The van der Waals surface area contributed by atoms with Crippen LogP contribution >= 0.6 is 12.4 Å². The van der Waals surface area contributed by atoms with Gasteiger partial charge in [0.25, 0.3) is 0 Å². The normalized spacial score (nSPS) is 23.9. The van der Waals surface area contributed by atoms with Crippen molar-refractivity contribution in [3.05, 3.63) is 0 Å². The molecule has 100 valence electrons. The molecule has 0 saturated heterocycles. The number of primary amides is 1. The molecule has 17 heavy (non-hydrogen) atoms. The molecule has 0 spiro atoms. The Hall–Kier alpha value is -0.810. The van der Waals surface area contributed by atoms with Crippen molar-refractivity contribution in [1.82, 2.24) is 5.32 Å². The summed E-state index contributed by atoms with van der Waals surface area (Å²) in [5.74, 6) is -0.577. The fourth-order valence-electron chi connectivity index (χ4n) is 1.84. The molecule has 2 atom stereocenters. The van der Waals surface area contributed by atoms with Crippen LogP contribution in [0.25, 0.3) is 0 Å². The summed E-state index contributed by atoms with van der Waals surface area (Å²) < 4.78 is 0. The van der Waals surface area contributed by atoms with Crippen LogP contribution in [-0.4, -0.2) is 24.4 Å². The van der Waals surface area contributed by atoms with Crippen molar-refractivity contribution in [2.24, 2.45) is 22.8 Å². The summed E-state index contributed by atoms with van der Waals surface area (Å²) in [5, 5.41) is 2.76. The highest BCUT2D eigenvalue weighted by Crippen LogP contribution is 2.24. The lowest BCUT2D eigenvalue weighted by molar-refractivity contribution is -0.128. The zero-order valence-electron chi connectivity index (χ0n) is 10.4. The van der Waals surface area contributed by atoms with Crippen LogP contribution < -0.4 is 16.8 Å². The van der Waals surface area contributed by atoms with Gasteiger partial charge in [-0.2, -0.15) is 0 Å². The van der Waals surface area contributed by atoms with Gasteiger partial charge in [0.15, 0.2) is 0 Å². The lowest BCUT2D eigenvalue weighted by Gasteiger charge is -2.23. The number of nitrogens with two attached hydrogens (primary N) is 2.